The Morgan fingerprint density at radius 1 is 1.08 bits per heavy atom. The first-order valence-corrected chi connectivity index (χ1v) is 8.26. The Kier molecular flexibility index (Phi) is 5.27. The third-order valence-corrected chi connectivity index (χ3v) is 3.90. The second-order valence-corrected chi connectivity index (χ2v) is 5.50. The van der Waals surface area contributed by atoms with Crippen LogP contribution < -0.4 is 14.2 Å². The van der Waals surface area contributed by atoms with Gasteiger partial charge in [-0.1, -0.05) is 24.3 Å². The minimum atomic E-state index is -0.242. The lowest BCUT2D eigenvalue weighted by atomic mass is 10.1. The summed E-state index contributed by atoms with van der Waals surface area (Å²) in [5.74, 6) is 1.82. The first-order valence-electron chi connectivity index (χ1n) is 8.26. The fourth-order valence-corrected chi connectivity index (χ4v) is 2.72. The van der Waals surface area contributed by atoms with Crippen LogP contribution in [0.1, 0.15) is 23.0 Å². The molecule has 0 N–H and O–H groups in total. The molecule has 3 aromatic rings. The fourth-order valence-electron chi connectivity index (χ4n) is 2.72. The minimum absolute atomic E-state index is 0.242. The van der Waals surface area contributed by atoms with E-state index in [1.54, 1.807) is 32.4 Å². The summed E-state index contributed by atoms with van der Waals surface area (Å²) in [5.41, 5.74) is 1.32. The maximum absolute atomic E-state index is 12.5. The van der Waals surface area contributed by atoms with Gasteiger partial charge in [0.05, 0.1) is 20.8 Å². The van der Waals surface area contributed by atoms with Crippen molar-refractivity contribution in [1.29, 1.82) is 0 Å². The molecule has 0 spiro atoms. The monoisotopic (exact) mass is 352 g/mol. The van der Waals surface area contributed by atoms with Gasteiger partial charge in [0.1, 0.15) is 0 Å². The molecular weight excluding hydrogens is 332 g/mol. The van der Waals surface area contributed by atoms with Crippen LogP contribution in [0.3, 0.4) is 0 Å². The Labute approximate surface area is 151 Å². The lowest BCUT2D eigenvalue weighted by Crippen LogP contribution is -1.94. The number of allylic oxidation sites excluding steroid dienone is 1. The summed E-state index contributed by atoms with van der Waals surface area (Å²) in [5, 5.41) is 0.826. The van der Waals surface area contributed by atoms with Crippen molar-refractivity contribution >= 4 is 22.8 Å². The van der Waals surface area contributed by atoms with Crippen molar-refractivity contribution in [1.82, 2.24) is 0 Å². The van der Waals surface area contributed by atoms with Gasteiger partial charge in [-0.3, -0.25) is 4.79 Å². The number of benzene rings is 2. The van der Waals surface area contributed by atoms with Crippen molar-refractivity contribution in [2.45, 2.75) is 6.92 Å². The van der Waals surface area contributed by atoms with Gasteiger partial charge < -0.3 is 18.6 Å². The highest BCUT2D eigenvalue weighted by Crippen LogP contribution is 2.32. The average Bonchev–Trinajstić information content (AvgIpc) is 3.11. The van der Waals surface area contributed by atoms with Crippen LogP contribution >= 0.6 is 0 Å². The van der Waals surface area contributed by atoms with Gasteiger partial charge in [-0.05, 0) is 37.3 Å². The predicted molar refractivity (Wildman–Crippen MR) is 100 cm³/mol. The van der Waals surface area contributed by atoms with E-state index in [1.807, 2.05) is 37.3 Å². The van der Waals surface area contributed by atoms with Gasteiger partial charge in [-0.2, -0.15) is 0 Å². The molecule has 5 heteroatoms. The summed E-state index contributed by atoms with van der Waals surface area (Å²) in [6.07, 6.45) is 3.13. The smallest absolute Gasteiger partial charge is 0.221 e. The van der Waals surface area contributed by atoms with Crippen LogP contribution in [0.5, 0.6) is 17.2 Å². The molecule has 0 unspecified atom stereocenters. The van der Waals surface area contributed by atoms with Crippen LogP contribution in [0.15, 0.2) is 53.0 Å². The third kappa shape index (κ3) is 3.42. The number of ketones is 1. The molecule has 0 atom stereocenters. The molecule has 2 aromatic carbocycles. The topological polar surface area (TPSA) is 57.9 Å². The Balaban J connectivity index is 1.90. The van der Waals surface area contributed by atoms with E-state index in [1.165, 1.54) is 6.08 Å². The highest BCUT2D eigenvalue weighted by molar-refractivity contribution is 6.07. The fraction of sp³-hybridized carbons (Fsp3) is 0.190. The van der Waals surface area contributed by atoms with Crippen molar-refractivity contribution in [3.8, 4) is 17.2 Å². The SMILES string of the molecule is CCOc1cccc2cc(C(=O)/C=C/c3cccc(OC)c3OC)oc12. The highest BCUT2D eigenvalue weighted by atomic mass is 16.5. The summed E-state index contributed by atoms with van der Waals surface area (Å²) >= 11 is 0. The van der Waals surface area contributed by atoms with E-state index in [-0.39, 0.29) is 11.5 Å². The molecule has 0 aliphatic rings. The van der Waals surface area contributed by atoms with Crippen LogP contribution in [-0.4, -0.2) is 26.6 Å². The molecule has 0 saturated carbocycles. The molecule has 0 radical (unpaired) electrons. The lowest BCUT2D eigenvalue weighted by Gasteiger charge is -2.09. The Morgan fingerprint density at radius 2 is 1.85 bits per heavy atom. The number of para-hydroxylation sites is 2. The number of rotatable bonds is 7. The molecule has 3 rings (SSSR count). The molecule has 0 aliphatic carbocycles. The number of carbonyl (C=O) groups is 1. The van der Waals surface area contributed by atoms with E-state index in [0.717, 1.165) is 10.9 Å². The molecule has 0 fully saturated rings. The predicted octanol–water partition coefficient (Wildman–Crippen LogP) is 4.74. The first-order chi connectivity index (χ1) is 12.7. The molecule has 0 bridgehead atoms. The second-order valence-electron chi connectivity index (χ2n) is 5.50. The molecule has 0 aliphatic heterocycles. The number of methoxy groups -OCH3 is 2. The van der Waals surface area contributed by atoms with Gasteiger partial charge in [0, 0.05) is 10.9 Å². The molecule has 0 saturated heterocycles. The van der Waals surface area contributed by atoms with E-state index in [9.17, 15) is 4.79 Å². The standard InChI is InChI=1S/C21H20O5/c1-4-25-18-10-6-8-15-13-19(26-21(15)18)16(22)12-11-14-7-5-9-17(23-2)20(14)24-3/h5-13H,4H2,1-3H3/b12-11+. The molecule has 1 aromatic heterocycles. The Bertz CT molecular complexity index is 952. The van der Waals surface area contributed by atoms with Gasteiger partial charge >= 0.3 is 0 Å². The van der Waals surface area contributed by atoms with Gasteiger partial charge in [0.2, 0.25) is 5.78 Å². The van der Waals surface area contributed by atoms with Gasteiger partial charge in [-0.15, -0.1) is 0 Å². The number of ether oxygens (including phenoxy) is 3. The molecular formula is C21H20O5. The zero-order valence-corrected chi connectivity index (χ0v) is 14.9. The molecule has 5 nitrogen and oxygen atoms in total. The van der Waals surface area contributed by atoms with E-state index in [4.69, 9.17) is 18.6 Å². The average molecular weight is 352 g/mol. The van der Waals surface area contributed by atoms with Crippen molar-refractivity contribution in [3.05, 3.63) is 59.9 Å². The summed E-state index contributed by atoms with van der Waals surface area (Å²) in [4.78, 5) is 12.5. The number of carbonyl (C=O) groups excluding carboxylic acids is 1. The second kappa shape index (κ2) is 7.78. The van der Waals surface area contributed by atoms with E-state index in [2.05, 4.69) is 0 Å². The zero-order valence-electron chi connectivity index (χ0n) is 14.9. The first kappa shape index (κ1) is 17.6. The lowest BCUT2D eigenvalue weighted by molar-refractivity contribution is 0.102. The molecule has 26 heavy (non-hydrogen) atoms. The molecule has 1 heterocycles. The Morgan fingerprint density at radius 3 is 2.58 bits per heavy atom. The summed E-state index contributed by atoms with van der Waals surface area (Å²) < 4.78 is 21.9. The normalized spacial score (nSPS) is 11.0. The highest BCUT2D eigenvalue weighted by Gasteiger charge is 2.14. The summed E-state index contributed by atoms with van der Waals surface area (Å²) in [6.45, 7) is 2.43. The Hall–Kier alpha value is -3.21. The van der Waals surface area contributed by atoms with Crippen molar-refractivity contribution in [2.75, 3.05) is 20.8 Å². The number of hydrogen-bond acceptors (Lipinski definition) is 5. The quantitative estimate of drug-likeness (QED) is 0.454. The molecule has 134 valence electrons. The van der Waals surface area contributed by atoms with Crippen LogP contribution in [0, 0.1) is 0 Å². The van der Waals surface area contributed by atoms with Crippen LogP contribution in [0.2, 0.25) is 0 Å². The van der Waals surface area contributed by atoms with E-state index < -0.39 is 0 Å². The van der Waals surface area contributed by atoms with Gasteiger partial charge in [0.15, 0.2) is 28.6 Å². The van der Waals surface area contributed by atoms with Crippen LogP contribution in [-0.2, 0) is 0 Å². The third-order valence-electron chi connectivity index (χ3n) is 3.90. The van der Waals surface area contributed by atoms with E-state index >= 15 is 0 Å². The largest absolute Gasteiger partial charge is 0.493 e. The number of fused-ring (bicyclic) bond motifs is 1. The molecule has 0 amide bonds. The van der Waals surface area contributed by atoms with E-state index in [0.29, 0.717) is 29.4 Å². The number of hydrogen-bond donors (Lipinski definition) is 0. The number of furan rings is 1. The zero-order chi connectivity index (χ0) is 18.5. The van der Waals surface area contributed by atoms with Gasteiger partial charge in [0.25, 0.3) is 0 Å². The van der Waals surface area contributed by atoms with Crippen LogP contribution in [0.4, 0.5) is 0 Å². The van der Waals surface area contributed by atoms with Crippen molar-refractivity contribution in [3.63, 3.8) is 0 Å². The summed E-state index contributed by atoms with van der Waals surface area (Å²) in [6, 6.07) is 12.8. The van der Waals surface area contributed by atoms with Gasteiger partial charge in [-0.25, -0.2) is 0 Å². The van der Waals surface area contributed by atoms with Crippen molar-refractivity contribution in [2.24, 2.45) is 0 Å². The van der Waals surface area contributed by atoms with Crippen LogP contribution in [0.25, 0.3) is 17.0 Å². The maximum Gasteiger partial charge on any atom is 0.221 e. The minimum Gasteiger partial charge on any atom is -0.493 e. The van der Waals surface area contributed by atoms with Crippen molar-refractivity contribution < 1.29 is 23.4 Å². The maximum atomic E-state index is 12.5. The summed E-state index contributed by atoms with van der Waals surface area (Å²) in [7, 11) is 3.13.